The van der Waals surface area contributed by atoms with Crippen LogP contribution in [0.1, 0.15) is 18.0 Å². The smallest absolute Gasteiger partial charge is 0.318 e. The lowest BCUT2D eigenvalue weighted by Crippen LogP contribution is -2.59. The van der Waals surface area contributed by atoms with Gasteiger partial charge in [-0.25, -0.2) is 0 Å². The van der Waals surface area contributed by atoms with Crippen LogP contribution in [0.2, 0.25) is 0 Å². The first-order chi connectivity index (χ1) is 13.7. The van der Waals surface area contributed by atoms with E-state index in [0.717, 1.165) is 11.3 Å². The van der Waals surface area contributed by atoms with E-state index in [2.05, 4.69) is 0 Å². The fourth-order valence-corrected chi connectivity index (χ4v) is 4.84. The summed E-state index contributed by atoms with van der Waals surface area (Å²) in [6, 6.07) is 19.2. The fourth-order valence-electron chi connectivity index (χ4n) is 4.84. The molecule has 0 saturated carbocycles. The predicted octanol–water partition coefficient (Wildman–Crippen LogP) is 3.28. The van der Waals surface area contributed by atoms with Gasteiger partial charge in [-0.2, -0.15) is 0 Å². The van der Waals surface area contributed by atoms with Crippen molar-refractivity contribution in [2.24, 2.45) is 23.7 Å². The Morgan fingerprint density at radius 1 is 0.821 bits per heavy atom. The van der Waals surface area contributed by atoms with Gasteiger partial charge in [0.1, 0.15) is 0 Å². The summed E-state index contributed by atoms with van der Waals surface area (Å²) in [6.07, 6.45) is 4.33. The summed E-state index contributed by atoms with van der Waals surface area (Å²) in [5, 5.41) is 0. The molecule has 5 atom stereocenters. The Bertz CT molecular complexity index is 969. The highest BCUT2D eigenvalue weighted by molar-refractivity contribution is 6.05. The number of hydrogen-bond acceptors (Lipinski definition) is 4. The number of carbonyl (C=O) groups excluding carboxylic acids is 3. The number of para-hydroxylation sites is 1. The highest BCUT2D eigenvalue weighted by Gasteiger charge is 2.59. The molecule has 2 saturated heterocycles. The number of anilines is 1. The normalized spacial score (nSPS) is 31.4. The van der Waals surface area contributed by atoms with E-state index in [0.29, 0.717) is 6.42 Å². The van der Waals surface area contributed by atoms with Crippen LogP contribution in [0.15, 0.2) is 72.8 Å². The lowest BCUT2D eigenvalue weighted by atomic mass is 9.64. The largest absolute Gasteiger partial charge is 0.393 e. The Labute approximate surface area is 162 Å². The minimum Gasteiger partial charge on any atom is -0.393 e. The van der Waals surface area contributed by atoms with E-state index in [-0.39, 0.29) is 17.9 Å². The molecule has 140 valence electrons. The number of allylic oxidation sites excluding steroid dienone is 2. The molecule has 2 aromatic carbocycles. The van der Waals surface area contributed by atoms with Crippen molar-refractivity contribution < 1.29 is 19.1 Å². The summed E-state index contributed by atoms with van der Waals surface area (Å²) in [7, 11) is 0. The van der Waals surface area contributed by atoms with Crippen LogP contribution in [0.3, 0.4) is 0 Å². The quantitative estimate of drug-likeness (QED) is 0.358. The van der Waals surface area contributed by atoms with E-state index in [1.54, 1.807) is 4.90 Å². The van der Waals surface area contributed by atoms with Crippen molar-refractivity contribution in [3.63, 3.8) is 0 Å². The molecule has 5 heteroatoms. The predicted molar refractivity (Wildman–Crippen MR) is 102 cm³/mol. The number of carbonyl (C=O) groups is 3. The Hall–Kier alpha value is -3.21. The number of hydrogen-bond donors (Lipinski definition) is 0. The number of cyclic esters (lactones) is 2. The van der Waals surface area contributed by atoms with Crippen LogP contribution >= 0.6 is 0 Å². The third-order valence-corrected chi connectivity index (χ3v) is 6.10. The standard InChI is InChI=1S/C23H19NO4/c25-21-19(16-12-7-13-17-18(16)23(27)28-22(17)26)20(14-8-3-1-4-9-14)24(21)15-10-5-2-6-11-15/h1-12,16-20H,13H2/t16-,17+,18-,19-,20-/m0/s1. The van der Waals surface area contributed by atoms with Gasteiger partial charge in [-0.1, -0.05) is 60.7 Å². The molecule has 2 heterocycles. The molecular formula is C23H19NO4. The minimum atomic E-state index is -0.574. The molecule has 2 aliphatic heterocycles. The van der Waals surface area contributed by atoms with Crippen LogP contribution in [0.4, 0.5) is 5.69 Å². The molecule has 28 heavy (non-hydrogen) atoms. The summed E-state index contributed by atoms with van der Waals surface area (Å²) in [4.78, 5) is 39.5. The number of benzene rings is 2. The maximum atomic E-state index is 13.3. The maximum absolute atomic E-state index is 13.3. The van der Waals surface area contributed by atoms with Crippen LogP contribution in [-0.4, -0.2) is 17.8 Å². The van der Waals surface area contributed by atoms with Crippen molar-refractivity contribution in [1.29, 1.82) is 0 Å². The molecule has 1 aliphatic carbocycles. The minimum absolute atomic E-state index is 0.0255. The number of esters is 2. The summed E-state index contributed by atoms with van der Waals surface area (Å²) < 4.78 is 4.90. The summed E-state index contributed by atoms with van der Waals surface area (Å²) in [6.45, 7) is 0. The van der Waals surface area contributed by atoms with Crippen molar-refractivity contribution in [3.05, 3.63) is 78.4 Å². The number of β-lactam (4-membered cyclic amide) rings is 1. The summed E-state index contributed by atoms with van der Waals surface area (Å²) in [5.74, 6) is -2.77. The molecule has 0 spiro atoms. The first kappa shape index (κ1) is 16.9. The molecular weight excluding hydrogens is 354 g/mol. The lowest BCUT2D eigenvalue weighted by molar-refractivity contribution is -0.154. The molecule has 0 N–H and O–H groups in total. The van der Waals surface area contributed by atoms with Gasteiger partial charge in [0.05, 0.1) is 23.8 Å². The number of fused-ring (bicyclic) bond motifs is 1. The topological polar surface area (TPSA) is 63.7 Å². The van der Waals surface area contributed by atoms with Gasteiger partial charge in [0.2, 0.25) is 5.91 Å². The van der Waals surface area contributed by atoms with E-state index in [1.807, 2.05) is 72.8 Å². The van der Waals surface area contributed by atoms with Crippen molar-refractivity contribution in [2.45, 2.75) is 12.5 Å². The van der Waals surface area contributed by atoms with Gasteiger partial charge in [0, 0.05) is 11.6 Å². The van der Waals surface area contributed by atoms with Crippen LogP contribution in [-0.2, 0) is 19.1 Å². The zero-order chi connectivity index (χ0) is 19.3. The van der Waals surface area contributed by atoms with Crippen molar-refractivity contribution in [2.75, 3.05) is 4.90 Å². The van der Waals surface area contributed by atoms with Gasteiger partial charge >= 0.3 is 11.9 Å². The highest BCUT2D eigenvalue weighted by Crippen LogP contribution is 2.52. The van der Waals surface area contributed by atoms with Crippen molar-refractivity contribution >= 4 is 23.5 Å². The lowest BCUT2D eigenvalue weighted by Gasteiger charge is -2.51. The average Bonchev–Trinajstić information content (AvgIpc) is 3.02. The van der Waals surface area contributed by atoms with Crippen LogP contribution in [0.25, 0.3) is 0 Å². The third kappa shape index (κ3) is 2.43. The van der Waals surface area contributed by atoms with Gasteiger partial charge in [0.15, 0.2) is 0 Å². The molecule has 3 aliphatic rings. The highest BCUT2D eigenvalue weighted by atomic mass is 16.6. The van der Waals surface area contributed by atoms with Gasteiger partial charge in [-0.15, -0.1) is 0 Å². The number of rotatable bonds is 3. The molecule has 5 rings (SSSR count). The van der Waals surface area contributed by atoms with E-state index in [9.17, 15) is 14.4 Å². The second-order valence-electron chi connectivity index (χ2n) is 7.54. The van der Waals surface area contributed by atoms with Crippen molar-refractivity contribution in [3.8, 4) is 0 Å². The molecule has 1 amide bonds. The van der Waals surface area contributed by atoms with E-state index in [4.69, 9.17) is 4.74 Å². The molecule has 2 fully saturated rings. The summed E-state index contributed by atoms with van der Waals surface area (Å²) >= 11 is 0. The first-order valence-corrected chi connectivity index (χ1v) is 9.52. The van der Waals surface area contributed by atoms with Crippen molar-refractivity contribution in [1.82, 2.24) is 0 Å². The Morgan fingerprint density at radius 2 is 1.50 bits per heavy atom. The molecule has 0 unspecified atom stereocenters. The molecule has 0 aromatic heterocycles. The fraction of sp³-hybridized carbons (Fsp3) is 0.261. The van der Waals surface area contributed by atoms with Crippen LogP contribution in [0.5, 0.6) is 0 Å². The van der Waals surface area contributed by atoms with Gasteiger partial charge in [0.25, 0.3) is 0 Å². The van der Waals surface area contributed by atoms with Crippen LogP contribution in [0, 0.1) is 23.7 Å². The Kier molecular flexibility index (Phi) is 3.90. The number of ether oxygens (including phenoxy) is 1. The maximum Gasteiger partial charge on any atom is 0.318 e. The van der Waals surface area contributed by atoms with Gasteiger partial charge in [-0.3, -0.25) is 14.4 Å². The average molecular weight is 373 g/mol. The summed E-state index contributed by atoms with van der Waals surface area (Å²) in [5.41, 5.74) is 1.85. The zero-order valence-electron chi connectivity index (χ0n) is 15.1. The molecule has 2 aromatic rings. The molecule has 5 nitrogen and oxygen atoms in total. The Balaban J connectivity index is 1.56. The molecule has 0 bridgehead atoms. The second-order valence-corrected chi connectivity index (χ2v) is 7.54. The number of nitrogens with zero attached hydrogens (tertiary/aromatic N) is 1. The van der Waals surface area contributed by atoms with Gasteiger partial charge in [-0.05, 0) is 24.1 Å². The SMILES string of the molecule is O=C1OC(=O)[C@@H]2CC=C[C@H]([C@@H]3C(=O)N(c4ccccc4)[C@H]3c3ccccc3)[C@H]12. The van der Waals surface area contributed by atoms with E-state index in [1.165, 1.54) is 0 Å². The van der Waals surface area contributed by atoms with Gasteiger partial charge < -0.3 is 9.64 Å². The Morgan fingerprint density at radius 3 is 2.21 bits per heavy atom. The van der Waals surface area contributed by atoms with Crippen LogP contribution < -0.4 is 4.90 Å². The third-order valence-electron chi connectivity index (χ3n) is 6.10. The first-order valence-electron chi connectivity index (χ1n) is 9.52. The van der Waals surface area contributed by atoms with E-state index < -0.39 is 29.7 Å². The number of amides is 1. The zero-order valence-corrected chi connectivity index (χ0v) is 15.1. The molecule has 0 radical (unpaired) electrons. The monoisotopic (exact) mass is 373 g/mol. The van der Waals surface area contributed by atoms with E-state index >= 15 is 0 Å². The second kappa shape index (κ2) is 6.44.